The molecule has 5 aromatic heterocycles. The molecule has 3 amide bonds. The number of aromatic nitrogens is 5. The van der Waals surface area contributed by atoms with Crippen molar-refractivity contribution in [1.29, 1.82) is 0 Å². The minimum atomic E-state index is -0.483. The quantitative estimate of drug-likeness (QED) is 0.0958. The van der Waals surface area contributed by atoms with Crippen LogP contribution in [0.15, 0.2) is 213 Å². The van der Waals surface area contributed by atoms with E-state index in [1.165, 1.54) is 45.0 Å². The van der Waals surface area contributed by atoms with Gasteiger partial charge in [-0.2, -0.15) is 9.59 Å². The van der Waals surface area contributed by atoms with Gasteiger partial charge in [-0.25, -0.2) is 9.59 Å². The number of aliphatic hydroxyl groups is 1. The molecule has 0 saturated heterocycles. The van der Waals surface area contributed by atoms with Gasteiger partial charge in [-0.05, 0) is 278 Å². The Hall–Kier alpha value is -12.3. The molecule has 4 aliphatic heterocycles. The normalized spacial score (nSPS) is 13.9. The molecular formula is C95H108ClN9O14. The number of nitrogens with zero attached hydrogens (tertiary/aromatic N) is 8. The number of aromatic hydroxyl groups is 1. The van der Waals surface area contributed by atoms with E-state index in [9.17, 15) is 29.1 Å². The van der Waals surface area contributed by atoms with Crippen LogP contribution in [0.4, 0.5) is 9.59 Å². The topological polar surface area (TPSA) is 292 Å². The van der Waals surface area contributed by atoms with Crippen molar-refractivity contribution in [1.82, 2.24) is 44.9 Å². The third-order valence-corrected chi connectivity index (χ3v) is 18.9. The number of aliphatic hydroxyl groups excluding tert-OH is 1. The van der Waals surface area contributed by atoms with Crippen molar-refractivity contribution in [3.63, 3.8) is 0 Å². The standard InChI is InChI=1S/C23H22N2O3.C21H26N2O3.C16H18N2O.C14H19NO3.C7H8ClN.C7H9NO.C6H6O.CO2/c1-16-2-6-20(24-13-16)15-28-22-9-5-17-10-11-25(14-19(17)12-22)23(27)18-3-7-21(26)8-4-18;1-15-5-7-18(22-12-15)14-25-19-8-6-16-9-10-23(13-17(16)11-19)20(24)26-21(2,3)4;1-12-2-4-15(18-9-12)11-19-16-5-3-13-6-7-17-10-14(13)8-16;1-14(2,3)18-13(17)15-7-6-10-4-5-12(16)8-11(10)9-15;1-6-2-3-7(4-8)9-5-6;1-6-2-3-7(5-9)8-4-6;7-6-4-2-1-3-5-6;2-1-3/h2-7,9,12-13H,8,10-11,14-15H2,1H3;5-8,11-12H,9-10,13-14H2,1-4H3;2-5,8-9,17H,6-7,10-11H2,1H3;4-5,8,16H,6-7,9H2,1-3H3;2-3,5H,4H2,1H3;2-4,9H,5H2,1H3;1-4H,5H2;. The minimum Gasteiger partial charge on any atom is -0.508 e. The van der Waals surface area contributed by atoms with Crippen molar-refractivity contribution in [3.05, 3.63) is 313 Å². The summed E-state index contributed by atoms with van der Waals surface area (Å²) in [6.45, 7) is 28.2. The lowest BCUT2D eigenvalue weighted by atomic mass is 9.98. The van der Waals surface area contributed by atoms with Gasteiger partial charge in [-0.1, -0.05) is 78.9 Å². The second-order valence-electron chi connectivity index (χ2n) is 30.9. The Balaban J connectivity index is 0.000000180. The number of pyridine rings is 5. The minimum absolute atomic E-state index is 0.0235. The Morgan fingerprint density at radius 3 is 1.22 bits per heavy atom. The van der Waals surface area contributed by atoms with Crippen molar-refractivity contribution in [2.24, 2.45) is 0 Å². The second kappa shape index (κ2) is 46.6. The maximum Gasteiger partial charge on any atom is 0.410 e. The zero-order valence-corrected chi connectivity index (χ0v) is 70.6. The Bertz CT molecular complexity index is 4950. The number of ether oxygens (including phenoxy) is 5. The third kappa shape index (κ3) is 32.6. The van der Waals surface area contributed by atoms with Crippen LogP contribution in [-0.4, -0.2) is 123 Å². The number of hydrogen-bond donors (Lipinski definition) is 3. The van der Waals surface area contributed by atoms with Crippen LogP contribution in [0.2, 0.25) is 0 Å². The van der Waals surface area contributed by atoms with E-state index < -0.39 is 11.2 Å². The van der Waals surface area contributed by atoms with Gasteiger partial charge in [-0.3, -0.25) is 39.3 Å². The Kier molecular flexibility index (Phi) is 36.1. The molecule has 0 saturated carbocycles. The number of carbonyl (C=O) groups is 5. The molecule has 24 heteroatoms. The summed E-state index contributed by atoms with van der Waals surface area (Å²) in [4.78, 5) is 101. The number of aryl methyl sites for hydroxylation is 5. The van der Waals surface area contributed by atoms with Crippen LogP contribution in [0.3, 0.4) is 0 Å². The first-order chi connectivity index (χ1) is 57.0. The smallest absolute Gasteiger partial charge is 0.410 e. The van der Waals surface area contributed by atoms with Crippen LogP contribution in [0.25, 0.3) is 0 Å². The van der Waals surface area contributed by atoms with Crippen molar-refractivity contribution in [2.75, 3.05) is 26.2 Å². The predicted octanol–water partition coefficient (Wildman–Crippen LogP) is 16.4. The van der Waals surface area contributed by atoms with Gasteiger partial charge in [-0.15, -0.1) is 11.6 Å². The summed E-state index contributed by atoms with van der Waals surface area (Å²) in [5, 5.41) is 21.4. The molecule has 9 heterocycles. The van der Waals surface area contributed by atoms with E-state index in [1.54, 1.807) is 52.4 Å². The number of fused-ring (bicyclic) bond motifs is 4. The number of carbonyl (C=O) groups excluding carboxylic acids is 7. The highest BCUT2D eigenvalue weighted by Gasteiger charge is 2.29. The molecule has 0 atom stereocenters. The maximum atomic E-state index is 12.7. The SMILES string of the molecule is CC(C)(C)OC(=O)N1CCc2ccc(O)cc2C1.Cc1ccc(CCl)nc1.Cc1ccc(CO)nc1.Cc1ccc(COc2ccc3c(c2)CN(C(=O)C2=CCC(=O)C=C2)CC3)nc1.Cc1ccc(COc2ccc3c(c2)CN(C(=O)OC(C)(C)C)CC3)nc1.Cc1ccc(COc2ccc3c(c2)CNCC3)nc1.O=C1C=CC=CC1.O=C=O. The molecule has 0 radical (unpaired) electrons. The molecule has 624 valence electrons. The van der Waals surface area contributed by atoms with E-state index in [-0.39, 0.29) is 48.2 Å². The van der Waals surface area contributed by atoms with E-state index in [4.69, 9.17) is 50.0 Å². The summed E-state index contributed by atoms with van der Waals surface area (Å²) in [6, 6.07) is 43.5. The fourth-order valence-electron chi connectivity index (χ4n) is 12.2. The van der Waals surface area contributed by atoms with Crippen LogP contribution in [0, 0.1) is 34.6 Å². The summed E-state index contributed by atoms with van der Waals surface area (Å²) >= 11 is 5.52. The molecular weight excluding hydrogens is 1530 g/mol. The number of benzene rings is 4. The molecule has 0 bridgehead atoms. The highest BCUT2D eigenvalue weighted by atomic mass is 35.5. The first kappa shape index (κ1) is 92.2. The van der Waals surface area contributed by atoms with Crippen LogP contribution >= 0.6 is 11.6 Å². The monoisotopic (exact) mass is 1630 g/mol. The van der Waals surface area contributed by atoms with E-state index in [0.717, 1.165) is 118 Å². The average molecular weight is 1640 g/mol. The molecule has 0 spiro atoms. The number of halogens is 1. The van der Waals surface area contributed by atoms with Gasteiger partial charge in [0.2, 0.25) is 0 Å². The molecule has 6 aliphatic rings. The lowest BCUT2D eigenvalue weighted by molar-refractivity contribution is -0.191. The van der Waals surface area contributed by atoms with E-state index in [1.807, 2.05) is 203 Å². The number of hydrogen-bond acceptors (Lipinski definition) is 20. The number of rotatable bonds is 12. The molecule has 4 aromatic carbocycles. The summed E-state index contributed by atoms with van der Waals surface area (Å²) < 4.78 is 28.4. The van der Waals surface area contributed by atoms with Gasteiger partial charge < -0.3 is 53.9 Å². The molecule has 23 nitrogen and oxygen atoms in total. The molecule has 2 aliphatic carbocycles. The summed E-state index contributed by atoms with van der Waals surface area (Å²) in [6.07, 6.45) is 25.1. The molecule has 119 heavy (non-hydrogen) atoms. The lowest BCUT2D eigenvalue weighted by Crippen LogP contribution is -2.39. The number of alkyl halides is 1. The zero-order chi connectivity index (χ0) is 85.9. The van der Waals surface area contributed by atoms with Crippen LogP contribution < -0.4 is 19.5 Å². The molecule has 0 unspecified atom stereocenters. The summed E-state index contributed by atoms with van der Waals surface area (Å²) in [5.74, 6) is 3.43. The van der Waals surface area contributed by atoms with Gasteiger partial charge in [0.15, 0.2) is 11.6 Å². The Morgan fingerprint density at radius 2 is 0.849 bits per heavy atom. The molecule has 15 rings (SSSR count). The lowest BCUT2D eigenvalue weighted by Gasteiger charge is -2.31. The predicted molar refractivity (Wildman–Crippen MR) is 456 cm³/mol. The number of allylic oxidation sites excluding steroid dienone is 6. The molecule has 9 aromatic rings. The van der Waals surface area contributed by atoms with E-state index >= 15 is 0 Å². The molecule has 3 N–H and O–H groups in total. The number of phenolic OH excluding ortho intramolecular Hbond substituents is 1. The van der Waals surface area contributed by atoms with Crippen molar-refractivity contribution in [3.8, 4) is 23.0 Å². The van der Waals surface area contributed by atoms with Gasteiger partial charge in [0.05, 0.1) is 41.0 Å². The first-order valence-corrected chi connectivity index (χ1v) is 40.1. The van der Waals surface area contributed by atoms with Gasteiger partial charge in [0, 0.05) is 95.2 Å². The number of nitrogens with one attached hydrogen (secondary N) is 1. The van der Waals surface area contributed by atoms with Crippen LogP contribution in [0.1, 0.15) is 155 Å². The highest BCUT2D eigenvalue weighted by molar-refractivity contribution is 6.16. The maximum absolute atomic E-state index is 12.7. The number of amides is 3. The van der Waals surface area contributed by atoms with E-state index in [0.29, 0.717) is 83.4 Å². The summed E-state index contributed by atoms with van der Waals surface area (Å²) in [5.41, 5.74) is 19.4. The van der Waals surface area contributed by atoms with Crippen LogP contribution in [0.5, 0.6) is 23.0 Å². The fraction of sp³-hybridized carbons (Fsp3) is 0.337. The van der Waals surface area contributed by atoms with E-state index in [2.05, 4.69) is 66.6 Å². The second-order valence-corrected chi connectivity index (χ2v) is 31.2. The number of phenols is 1. The third-order valence-electron chi connectivity index (χ3n) is 18.6. The number of ketones is 2. The fourth-order valence-corrected chi connectivity index (χ4v) is 12.4. The highest BCUT2D eigenvalue weighted by Crippen LogP contribution is 2.30. The Labute approximate surface area is 702 Å². The molecule has 0 fully saturated rings. The van der Waals surface area contributed by atoms with Crippen molar-refractivity contribution < 1.29 is 67.5 Å². The van der Waals surface area contributed by atoms with Gasteiger partial charge in [0.1, 0.15) is 54.0 Å². The Morgan fingerprint density at radius 1 is 0.462 bits per heavy atom. The van der Waals surface area contributed by atoms with Crippen LogP contribution in [-0.2, 0) is 118 Å². The largest absolute Gasteiger partial charge is 0.508 e. The van der Waals surface area contributed by atoms with Crippen molar-refractivity contribution >= 4 is 47.4 Å². The van der Waals surface area contributed by atoms with Gasteiger partial charge >= 0.3 is 18.3 Å². The summed E-state index contributed by atoms with van der Waals surface area (Å²) in [7, 11) is 0. The zero-order valence-electron chi connectivity index (χ0n) is 69.8. The first-order valence-electron chi connectivity index (χ1n) is 39.5. The van der Waals surface area contributed by atoms with Gasteiger partial charge in [0.25, 0.3) is 5.91 Å². The van der Waals surface area contributed by atoms with Crippen molar-refractivity contribution in [2.45, 2.75) is 184 Å². The average Bonchev–Trinajstić information content (AvgIpc) is 0.820.